The van der Waals surface area contributed by atoms with Gasteiger partial charge in [-0.25, -0.2) is 4.79 Å². The Kier molecular flexibility index (Phi) is 5.57. The third-order valence-electron chi connectivity index (χ3n) is 2.45. The first-order valence-corrected chi connectivity index (χ1v) is 6.79. The average Bonchev–Trinajstić information content (AvgIpc) is 2.68. The van der Waals surface area contributed by atoms with Crippen LogP contribution < -0.4 is 11.1 Å². The molecule has 1 amide bonds. The topological polar surface area (TPSA) is 81.4 Å². The first-order valence-electron chi connectivity index (χ1n) is 5.98. The molecule has 6 heteroatoms. The maximum absolute atomic E-state index is 11.9. The molecule has 0 saturated heterocycles. The number of carbonyl (C=O) groups is 2. The van der Waals surface area contributed by atoms with Crippen molar-refractivity contribution in [1.29, 1.82) is 0 Å². The zero-order chi connectivity index (χ0) is 14.4. The van der Waals surface area contributed by atoms with Gasteiger partial charge in [0.1, 0.15) is 11.5 Å². The summed E-state index contributed by atoms with van der Waals surface area (Å²) in [6, 6.07) is 0. The Hall–Kier alpha value is -1.82. The molecule has 0 radical (unpaired) electrons. The van der Waals surface area contributed by atoms with Crippen LogP contribution >= 0.6 is 11.3 Å². The lowest BCUT2D eigenvalue weighted by atomic mass is 10.1. The molecule has 3 N–H and O–H groups in total. The van der Waals surface area contributed by atoms with Crippen LogP contribution in [0.3, 0.4) is 0 Å². The molecule has 1 rings (SSSR count). The predicted molar refractivity (Wildman–Crippen MR) is 76.6 cm³/mol. The summed E-state index contributed by atoms with van der Waals surface area (Å²) in [6.45, 7) is 7.83. The van der Waals surface area contributed by atoms with Gasteiger partial charge >= 0.3 is 5.97 Å². The summed E-state index contributed by atoms with van der Waals surface area (Å²) in [4.78, 5) is 24.1. The minimum atomic E-state index is -0.483. The Labute approximate surface area is 116 Å². The van der Waals surface area contributed by atoms with Crippen molar-refractivity contribution in [3.63, 3.8) is 0 Å². The van der Waals surface area contributed by atoms with Crippen LogP contribution in [0.25, 0.3) is 0 Å². The van der Waals surface area contributed by atoms with Gasteiger partial charge in [-0.1, -0.05) is 19.6 Å². The van der Waals surface area contributed by atoms with Gasteiger partial charge in [0.15, 0.2) is 0 Å². The number of anilines is 1. The largest absolute Gasteiger partial charge is 0.457 e. The van der Waals surface area contributed by atoms with E-state index in [0.29, 0.717) is 27.5 Å². The molecular formula is C13H18N2O3S. The van der Waals surface area contributed by atoms with Gasteiger partial charge in [0.05, 0.1) is 10.6 Å². The number of nitrogens with two attached hydrogens (primary N) is 1. The van der Waals surface area contributed by atoms with E-state index in [9.17, 15) is 9.59 Å². The number of amides is 1. The van der Waals surface area contributed by atoms with Crippen molar-refractivity contribution in [2.75, 3.05) is 18.9 Å². The number of esters is 1. The Morgan fingerprint density at radius 2 is 2.21 bits per heavy atom. The summed E-state index contributed by atoms with van der Waals surface area (Å²) < 4.78 is 4.95. The summed E-state index contributed by atoms with van der Waals surface area (Å²) >= 11 is 1.07. The molecule has 0 aliphatic carbocycles. The summed E-state index contributed by atoms with van der Waals surface area (Å²) in [5.74, 6) is -0.737. The van der Waals surface area contributed by atoms with Gasteiger partial charge in [0, 0.05) is 6.54 Å². The van der Waals surface area contributed by atoms with Crippen molar-refractivity contribution in [3.05, 3.63) is 28.7 Å². The number of nitrogen functional groups attached to an aromatic ring is 1. The van der Waals surface area contributed by atoms with Crippen LogP contribution in [-0.4, -0.2) is 25.0 Å². The lowest BCUT2D eigenvalue weighted by Crippen LogP contribution is -2.25. The lowest BCUT2D eigenvalue weighted by molar-refractivity contribution is 0.0554. The zero-order valence-electron chi connectivity index (χ0n) is 11.1. The van der Waals surface area contributed by atoms with Crippen molar-refractivity contribution < 1.29 is 14.3 Å². The van der Waals surface area contributed by atoms with E-state index in [1.807, 2.05) is 6.92 Å². The van der Waals surface area contributed by atoms with Crippen LogP contribution in [0.2, 0.25) is 0 Å². The third kappa shape index (κ3) is 3.57. The number of thiophene rings is 1. The van der Waals surface area contributed by atoms with Gasteiger partial charge in [-0.05, 0) is 18.9 Å². The zero-order valence-corrected chi connectivity index (χ0v) is 11.9. The second kappa shape index (κ2) is 6.94. The lowest BCUT2D eigenvalue weighted by Gasteiger charge is -2.04. The highest BCUT2D eigenvalue weighted by atomic mass is 32.1. The highest BCUT2D eigenvalue weighted by molar-refractivity contribution is 7.18. The Bertz CT molecular complexity index is 494. The summed E-state index contributed by atoms with van der Waals surface area (Å²) in [6.07, 6.45) is 2.32. The Morgan fingerprint density at radius 3 is 2.79 bits per heavy atom. The van der Waals surface area contributed by atoms with Crippen molar-refractivity contribution >= 4 is 28.2 Å². The molecule has 0 unspecified atom stereocenters. The molecule has 0 bridgehead atoms. The average molecular weight is 282 g/mol. The molecule has 1 aromatic heterocycles. The number of carbonyl (C=O) groups excluding carboxylic acids is 2. The van der Waals surface area contributed by atoms with E-state index in [2.05, 4.69) is 11.9 Å². The van der Waals surface area contributed by atoms with E-state index in [0.717, 1.165) is 17.8 Å². The van der Waals surface area contributed by atoms with Crippen LogP contribution in [-0.2, 0) is 4.74 Å². The van der Waals surface area contributed by atoms with E-state index >= 15 is 0 Å². The Morgan fingerprint density at radius 1 is 1.53 bits per heavy atom. The van der Waals surface area contributed by atoms with Crippen LogP contribution in [0, 0.1) is 6.92 Å². The fourth-order valence-corrected chi connectivity index (χ4v) is 2.51. The minimum absolute atomic E-state index is 0.132. The molecule has 0 aliphatic heterocycles. The van der Waals surface area contributed by atoms with Crippen molar-refractivity contribution in [2.45, 2.75) is 20.3 Å². The predicted octanol–water partition coefficient (Wildman–Crippen LogP) is 2.12. The van der Waals surface area contributed by atoms with E-state index < -0.39 is 5.97 Å². The normalized spacial score (nSPS) is 10.0. The standard InChI is InChI=1S/C13H18N2O3S/c1-4-6-15-12(16)9-8(3)10(19-11(9)14)13(17)18-7-5-2/h5H,2,4,6-7,14H2,1,3H3,(H,15,16). The molecule has 104 valence electrons. The van der Waals surface area contributed by atoms with E-state index in [1.54, 1.807) is 6.92 Å². The third-order valence-corrected chi connectivity index (χ3v) is 3.56. The maximum Gasteiger partial charge on any atom is 0.348 e. The van der Waals surface area contributed by atoms with Gasteiger partial charge in [-0.3, -0.25) is 4.79 Å². The molecule has 1 aromatic rings. The maximum atomic E-state index is 11.9. The fraction of sp³-hybridized carbons (Fsp3) is 0.385. The fourth-order valence-electron chi connectivity index (χ4n) is 1.54. The molecule has 5 nitrogen and oxygen atoms in total. The smallest absolute Gasteiger partial charge is 0.348 e. The quantitative estimate of drug-likeness (QED) is 0.618. The molecule has 19 heavy (non-hydrogen) atoms. The second-order valence-corrected chi connectivity index (χ2v) is 4.99. The van der Waals surface area contributed by atoms with Crippen LogP contribution in [0.1, 0.15) is 38.9 Å². The summed E-state index contributed by atoms with van der Waals surface area (Å²) in [5, 5.41) is 3.08. The summed E-state index contributed by atoms with van der Waals surface area (Å²) in [5.41, 5.74) is 6.74. The molecule has 0 spiro atoms. The van der Waals surface area contributed by atoms with Gasteiger partial charge in [-0.2, -0.15) is 0 Å². The Balaban J connectivity index is 2.96. The van der Waals surface area contributed by atoms with Gasteiger partial charge < -0.3 is 15.8 Å². The SMILES string of the molecule is C=CCOC(=O)c1sc(N)c(C(=O)NCCC)c1C. The van der Waals surface area contributed by atoms with E-state index in [-0.39, 0.29) is 12.5 Å². The van der Waals surface area contributed by atoms with Crippen molar-refractivity contribution in [1.82, 2.24) is 5.32 Å². The number of ether oxygens (including phenoxy) is 1. The molecule has 0 saturated carbocycles. The number of hydrogen-bond donors (Lipinski definition) is 2. The van der Waals surface area contributed by atoms with Crippen molar-refractivity contribution in [3.8, 4) is 0 Å². The second-order valence-electron chi connectivity index (χ2n) is 3.94. The molecule has 0 aliphatic rings. The molecule has 0 atom stereocenters. The number of rotatable bonds is 6. The van der Waals surface area contributed by atoms with Gasteiger partial charge in [-0.15, -0.1) is 11.3 Å². The minimum Gasteiger partial charge on any atom is -0.457 e. The summed E-state index contributed by atoms with van der Waals surface area (Å²) in [7, 11) is 0. The molecule has 0 fully saturated rings. The van der Waals surface area contributed by atoms with E-state index in [4.69, 9.17) is 10.5 Å². The first kappa shape index (κ1) is 15.2. The number of hydrogen-bond acceptors (Lipinski definition) is 5. The molecule has 1 heterocycles. The van der Waals surface area contributed by atoms with Crippen LogP contribution in [0.15, 0.2) is 12.7 Å². The number of nitrogens with one attached hydrogen (secondary N) is 1. The highest BCUT2D eigenvalue weighted by Crippen LogP contribution is 2.31. The van der Waals surface area contributed by atoms with Crippen molar-refractivity contribution in [2.24, 2.45) is 0 Å². The molecular weight excluding hydrogens is 264 g/mol. The van der Waals surface area contributed by atoms with Gasteiger partial charge in [0.2, 0.25) is 0 Å². The van der Waals surface area contributed by atoms with Crippen LogP contribution in [0.4, 0.5) is 5.00 Å². The van der Waals surface area contributed by atoms with Crippen LogP contribution in [0.5, 0.6) is 0 Å². The first-order chi connectivity index (χ1) is 9.02. The monoisotopic (exact) mass is 282 g/mol. The molecule has 0 aromatic carbocycles. The highest BCUT2D eigenvalue weighted by Gasteiger charge is 2.23. The van der Waals surface area contributed by atoms with Gasteiger partial charge in [0.25, 0.3) is 5.91 Å². The van der Waals surface area contributed by atoms with E-state index in [1.165, 1.54) is 6.08 Å².